The van der Waals surface area contributed by atoms with Gasteiger partial charge in [-0.05, 0) is 41.3 Å². The Labute approximate surface area is 118 Å². The van der Waals surface area contributed by atoms with Crippen molar-refractivity contribution in [3.05, 3.63) is 56.4 Å². The van der Waals surface area contributed by atoms with Crippen LogP contribution in [0.2, 0.25) is 9.36 Å². The van der Waals surface area contributed by atoms with Crippen molar-refractivity contribution in [2.45, 2.75) is 6.04 Å². The summed E-state index contributed by atoms with van der Waals surface area (Å²) in [5, 5.41) is 3.57. The molecule has 0 aliphatic carbocycles. The Morgan fingerprint density at radius 1 is 1.17 bits per heavy atom. The number of fused-ring (bicyclic) bond motifs is 1. The maximum Gasteiger partial charge on any atom is 0.134 e. The van der Waals surface area contributed by atoms with Crippen molar-refractivity contribution < 1.29 is 4.42 Å². The van der Waals surface area contributed by atoms with Gasteiger partial charge in [-0.3, -0.25) is 0 Å². The molecule has 1 unspecified atom stereocenters. The van der Waals surface area contributed by atoms with Gasteiger partial charge in [0.05, 0.1) is 10.4 Å². The van der Waals surface area contributed by atoms with Gasteiger partial charge in [0, 0.05) is 10.4 Å². The molecular formula is C13H9Cl2NOS. The first kappa shape index (κ1) is 12.1. The lowest BCUT2D eigenvalue weighted by atomic mass is 10.1. The zero-order valence-corrected chi connectivity index (χ0v) is 11.5. The Bertz CT molecular complexity index is 704. The molecule has 1 aromatic carbocycles. The van der Waals surface area contributed by atoms with Crippen LogP contribution < -0.4 is 5.73 Å². The van der Waals surface area contributed by atoms with Gasteiger partial charge in [-0.1, -0.05) is 23.2 Å². The monoisotopic (exact) mass is 297 g/mol. The van der Waals surface area contributed by atoms with E-state index in [1.54, 1.807) is 6.07 Å². The summed E-state index contributed by atoms with van der Waals surface area (Å²) in [5.74, 6) is 0.710. The number of hydrogen-bond donors (Lipinski definition) is 1. The molecule has 0 saturated heterocycles. The van der Waals surface area contributed by atoms with Gasteiger partial charge in [-0.25, -0.2) is 0 Å². The molecule has 0 aliphatic heterocycles. The van der Waals surface area contributed by atoms with Gasteiger partial charge >= 0.3 is 0 Å². The first-order valence-electron chi connectivity index (χ1n) is 5.32. The normalized spacial score (nSPS) is 13.1. The zero-order chi connectivity index (χ0) is 12.7. The summed E-state index contributed by atoms with van der Waals surface area (Å²) in [6, 6.07) is 8.96. The molecule has 2 N–H and O–H groups in total. The molecule has 2 aromatic heterocycles. The van der Waals surface area contributed by atoms with Gasteiger partial charge in [0.25, 0.3) is 0 Å². The van der Waals surface area contributed by atoms with E-state index in [0.717, 1.165) is 20.9 Å². The van der Waals surface area contributed by atoms with Gasteiger partial charge < -0.3 is 10.2 Å². The maximum absolute atomic E-state index is 6.15. The van der Waals surface area contributed by atoms with E-state index in [2.05, 4.69) is 0 Å². The Hall–Kier alpha value is -1.00. The van der Waals surface area contributed by atoms with Crippen LogP contribution in [0.4, 0.5) is 0 Å². The topological polar surface area (TPSA) is 39.2 Å². The third-order valence-corrected chi connectivity index (χ3v) is 4.10. The third kappa shape index (κ3) is 2.15. The van der Waals surface area contributed by atoms with E-state index < -0.39 is 0 Å². The van der Waals surface area contributed by atoms with Crippen molar-refractivity contribution in [3.63, 3.8) is 0 Å². The third-order valence-electron chi connectivity index (χ3n) is 2.75. The van der Waals surface area contributed by atoms with Gasteiger partial charge in [-0.2, -0.15) is 0 Å². The van der Waals surface area contributed by atoms with Gasteiger partial charge in [0.2, 0.25) is 0 Å². The summed E-state index contributed by atoms with van der Waals surface area (Å²) in [6.45, 7) is 0. The first-order chi connectivity index (χ1) is 8.63. The van der Waals surface area contributed by atoms with Crippen LogP contribution in [-0.4, -0.2) is 0 Å². The predicted octanol–water partition coefficient (Wildman–Crippen LogP) is 4.85. The number of thiophene rings is 1. The van der Waals surface area contributed by atoms with Crippen LogP contribution in [0, 0.1) is 0 Å². The van der Waals surface area contributed by atoms with Crippen LogP contribution in [0.5, 0.6) is 0 Å². The number of benzene rings is 1. The van der Waals surface area contributed by atoms with Crippen molar-refractivity contribution in [2.75, 3.05) is 0 Å². The average molecular weight is 298 g/mol. The highest BCUT2D eigenvalue weighted by Crippen LogP contribution is 2.31. The summed E-state index contributed by atoms with van der Waals surface area (Å²) in [4.78, 5) is 0. The fourth-order valence-corrected chi connectivity index (χ4v) is 2.95. The summed E-state index contributed by atoms with van der Waals surface area (Å²) in [6.07, 6.45) is 0. The average Bonchev–Trinajstić information content (AvgIpc) is 2.93. The molecule has 0 aliphatic rings. The Morgan fingerprint density at radius 2 is 2.00 bits per heavy atom. The summed E-state index contributed by atoms with van der Waals surface area (Å²) in [7, 11) is 0. The quantitative estimate of drug-likeness (QED) is 0.734. The molecule has 2 nitrogen and oxygen atoms in total. The van der Waals surface area contributed by atoms with Gasteiger partial charge in [0.1, 0.15) is 11.3 Å². The number of nitrogens with two attached hydrogens (primary N) is 1. The van der Waals surface area contributed by atoms with Crippen molar-refractivity contribution in [2.24, 2.45) is 5.73 Å². The first-order valence-corrected chi connectivity index (χ1v) is 6.95. The fraction of sp³-hybridized carbons (Fsp3) is 0.0769. The largest absolute Gasteiger partial charge is 0.459 e. The van der Waals surface area contributed by atoms with Crippen molar-refractivity contribution in [1.29, 1.82) is 0 Å². The van der Waals surface area contributed by atoms with Crippen LogP contribution in [0.1, 0.15) is 17.4 Å². The molecule has 1 atom stereocenters. The number of rotatable bonds is 2. The molecule has 0 fully saturated rings. The zero-order valence-electron chi connectivity index (χ0n) is 9.19. The van der Waals surface area contributed by atoms with Crippen LogP contribution in [-0.2, 0) is 0 Å². The van der Waals surface area contributed by atoms with E-state index in [9.17, 15) is 0 Å². The maximum atomic E-state index is 6.15. The highest BCUT2D eigenvalue weighted by atomic mass is 35.5. The summed E-state index contributed by atoms with van der Waals surface area (Å²) in [5.41, 5.74) is 7.89. The molecule has 2 heterocycles. The second-order valence-electron chi connectivity index (χ2n) is 3.99. The van der Waals surface area contributed by atoms with E-state index in [-0.39, 0.29) is 6.04 Å². The molecule has 18 heavy (non-hydrogen) atoms. The molecule has 0 spiro atoms. The molecule has 92 valence electrons. The minimum atomic E-state index is -0.306. The summed E-state index contributed by atoms with van der Waals surface area (Å²) < 4.78 is 6.45. The highest BCUT2D eigenvalue weighted by Gasteiger charge is 2.15. The van der Waals surface area contributed by atoms with Crippen LogP contribution in [0.15, 0.2) is 40.1 Å². The lowest BCUT2D eigenvalue weighted by Gasteiger charge is -2.04. The molecule has 0 radical (unpaired) electrons. The molecule has 0 bridgehead atoms. The smallest absolute Gasteiger partial charge is 0.134 e. The van der Waals surface area contributed by atoms with E-state index in [1.807, 2.05) is 29.6 Å². The predicted molar refractivity (Wildman–Crippen MR) is 76.6 cm³/mol. The minimum absolute atomic E-state index is 0.306. The van der Waals surface area contributed by atoms with Crippen molar-refractivity contribution >= 4 is 45.5 Å². The Balaban J connectivity index is 2.03. The van der Waals surface area contributed by atoms with Crippen LogP contribution in [0.3, 0.4) is 0 Å². The standard InChI is InChI=1S/C13H9Cl2NOS/c14-9-1-2-10-7(3-9)4-11(17-10)13(16)8-5-12(15)18-6-8/h1-6,13H,16H2. The molecule has 3 rings (SSSR count). The molecular weight excluding hydrogens is 289 g/mol. The molecule has 5 heteroatoms. The fourth-order valence-electron chi connectivity index (χ4n) is 1.84. The molecule has 0 saturated carbocycles. The van der Waals surface area contributed by atoms with Gasteiger partial charge in [0.15, 0.2) is 0 Å². The number of furan rings is 1. The van der Waals surface area contributed by atoms with Gasteiger partial charge in [-0.15, -0.1) is 11.3 Å². The SMILES string of the molecule is NC(c1csc(Cl)c1)c1cc2cc(Cl)ccc2o1. The lowest BCUT2D eigenvalue weighted by Crippen LogP contribution is -2.09. The van der Waals surface area contributed by atoms with Crippen molar-refractivity contribution in [3.8, 4) is 0 Å². The molecule has 0 amide bonds. The van der Waals surface area contributed by atoms with E-state index >= 15 is 0 Å². The van der Waals surface area contributed by atoms with E-state index in [0.29, 0.717) is 10.8 Å². The van der Waals surface area contributed by atoms with E-state index in [4.69, 9.17) is 33.4 Å². The highest BCUT2D eigenvalue weighted by molar-refractivity contribution is 7.14. The second kappa shape index (κ2) is 4.59. The molecule has 3 aromatic rings. The number of hydrogen-bond acceptors (Lipinski definition) is 3. The van der Waals surface area contributed by atoms with E-state index in [1.165, 1.54) is 11.3 Å². The lowest BCUT2D eigenvalue weighted by molar-refractivity contribution is 0.525. The Morgan fingerprint density at radius 3 is 2.72 bits per heavy atom. The van der Waals surface area contributed by atoms with Crippen LogP contribution >= 0.6 is 34.5 Å². The summed E-state index contributed by atoms with van der Waals surface area (Å²) >= 11 is 13.3. The minimum Gasteiger partial charge on any atom is -0.459 e. The second-order valence-corrected chi connectivity index (χ2v) is 5.97. The van der Waals surface area contributed by atoms with Crippen LogP contribution in [0.25, 0.3) is 11.0 Å². The Kier molecular flexibility index (Phi) is 3.08. The number of halogens is 2. The van der Waals surface area contributed by atoms with Crippen molar-refractivity contribution in [1.82, 2.24) is 0 Å².